The molecule has 0 spiro atoms. The van der Waals surface area contributed by atoms with Gasteiger partial charge in [0.2, 0.25) is 0 Å². The van der Waals surface area contributed by atoms with Crippen molar-refractivity contribution in [2.45, 2.75) is 25.9 Å². The number of esters is 1. The summed E-state index contributed by atoms with van der Waals surface area (Å²) in [5, 5.41) is 11.0. The molecule has 1 N–H and O–H groups in total. The van der Waals surface area contributed by atoms with Crippen LogP contribution in [0, 0.1) is 6.92 Å². The summed E-state index contributed by atoms with van der Waals surface area (Å²) in [4.78, 5) is 15.5. The first-order chi connectivity index (χ1) is 9.10. The van der Waals surface area contributed by atoms with Gasteiger partial charge in [0.1, 0.15) is 0 Å². The molecule has 1 atom stereocenters. The second-order valence-corrected chi connectivity index (χ2v) is 4.54. The number of carbonyl (C=O) groups is 1. The Morgan fingerprint density at radius 2 is 2.16 bits per heavy atom. The Hall–Kier alpha value is -1.94. The summed E-state index contributed by atoms with van der Waals surface area (Å²) in [7, 11) is 1.35. The fourth-order valence-corrected chi connectivity index (χ4v) is 1.98. The molecule has 2 rings (SSSR count). The van der Waals surface area contributed by atoms with Crippen LogP contribution < -0.4 is 0 Å². The summed E-state index contributed by atoms with van der Waals surface area (Å²) in [5.41, 5.74) is 2.66. The molecule has 1 aromatic heterocycles. The van der Waals surface area contributed by atoms with E-state index in [1.807, 2.05) is 37.3 Å². The van der Waals surface area contributed by atoms with E-state index in [1.165, 1.54) is 7.11 Å². The van der Waals surface area contributed by atoms with Crippen LogP contribution in [0.3, 0.4) is 0 Å². The van der Waals surface area contributed by atoms with Crippen molar-refractivity contribution in [3.05, 3.63) is 41.6 Å². The number of rotatable bonds is 4. The van der Waals surface area contributed by atoms with Crippen LogP contribution in [0.4, 0.5) is 0 Å². The van der Waals surface area contributed by atoms with Gasteiger partial charge in [-0.25, -0.2) is 0 Å². The highest BCUT2D eigenvalue weighted by Gasteiger charge is 2.11. The topological polar surface area (TPSA) is 59.4 Å². The van der Waals surface area contributed by atoms with Gasteiger partial charge in [0.05, 0.1) is 18.7 Å². The number of hydrogen-bond acceptors (Lipinski definition) is 4. The minimum absolute atomic E-state index is 0.210. The summed E-state index contributed by atoms with van der Waals surface area (Å²) >= 11 is 0. The Kier molecular flexibility index (Phi) is 4.12. The molecule has 4 heteroatoms. The maximum absolute atomic E-state index is 11.1. The van der Waals surface area contributed by atoms with Crippen LogP contribution in [-0.4, -0.2) is 23.2 Å². The van der Waals surface area contributed by atoms with E-state index < -0.39 is 6.10 Å². The van der Waals surface area contributed by atoms with Crippen molar-refractivity contribution in [1.29, 1.82) is 0 Å². The van der Waals surface area contributed by atoms with Gasteiger partial charge in [-0.1, -0.05) is 12.1 Å². The van der Waals surface area contributed by atoms with Crippen molar-refractivity contribution in [3.63, 3.8) is 0 Å². The van der Waals surface area contributed by atoms with Gasteiger partial charge < -0.3 is 9.84 Å². The number of aryl methyl sites for hydroxylation is 1. The van der Waals surface area contributed by atoms with E-state index in [0.717, 1.165) is 22.2 Å². The van der Waals surface area contributed by atoms with Gasteiger partial charge in [-0.05, 0) is 37.1 Å². The number of aromatic nitrogens is 1. The highest BCUT2D eigenvalue weighted by Crippen LogP contribution is 2.22. The first-order valence-electron chi connectivity index (χ1n) is 6.22. The van der Waals surface area contributed by atoms with E-state index in [4.69, 9.17) is 0 Å². The Labute approximate surface area is 112 Å². The minimum atomic E-state index is -0.662. The second kappa shape index (κ2) is 5.80. The third-order valence-electron chi connectivity index (χ3n) is 3.09. The first-order valence-corrected chi connectivity index (χ1v) is 6.22. The van der Waals surface area contributed by atoms with Crippen LogP contribution in [0.1, 0.15) is 30.2 Å². The molecule has 1 aromatic carbocycles. The van der Waals surface area contributed by atoms with Gasteiger partial charge >= 0.3 is 5.97 Å². The van der Waals surface area contributed by atoms with E-state index in [-0.39, 0.29) is 12.4 Å². The van der Waals surface area contributed by atoms with Crippen LogP contribution in [0.25, 0.3) is 10.9 Å². The monoisotopic (exact) mass is 259 g/mol. The predicted octanol–water partition coefficient (Wildman–Crippen LogP) is 2.53. The number of carbonyl (C=O) groups excluding carboxylic acids is 1. The number of hydrogen-bond donors (Lipinski definition) is 1. The third kappa shape index (κ3) is 3.29. The normalized spacial score (nSPS) is 12.4. The molecule has 0 saturated carbocycles. The average Bonchev–Trinajstić information content (AvgIpc) is 2.43. The number of fused-ring (bicyclic) bond motifs is 1. The molecule has 0 radical (unpaired) electrons. The SMILES string of the molecule is COC(=O)CCC(O)c1ccc2nc(C)ccc2c1. The van der Waals surface area contributed by atoms with Gasteiger partial charge in [0.25, 0.3) is 0 Å². The zero-order valence-corrected chi connectivity index (χ0v) is 11.1. The number of methoxy groups -OCH3 is 1. The summed E-state index contributed by atoms with van der Waals surface area (Å²) in [6.45, 7) is 1.94. The molecule has 0 saturated heterocycles. The molecule has 1 heterocycles. The standard InChI is InChI=1S/C15H17NO3/c1-10-3-4-11-9-12(5-6-13(11)16-10)14(17)7-8-15(18)19-2/h3-6,9,14,17H,7-8H2,1-2H3. The molecule has 0 fully saturated rings. The number of nitrogens with zero attached hydrogens (tertiary/aromatic N) is 1. The lowest BCUT2D eigenvalue weighted by Gasteiger charge is -2.11. The lowest BCUT2D eigenvalue weighted by molar-refractivity contribution is -0.141. The van der Waals surface area contributed by atoms with E-state index in [9.17, 15) is 9.90 Å². The third-order valence-corrected chi connectivity index (χ3v) is 3.09. The molecule has 1 unspecified atom stereocenters. The summed E-state index contributed by atoms with van der Waals surface area (Å²) in [6, 6.07) is 9.56. The average molecular weight is 259 g/mol. The van der Waals surface area contributed by atoms with Gasteiger partial charge in [0, 0.05) is 17.5 Å². The van der Waals surface area contributed by atoms with E-state index in [1.54, 1.807) is 0 Å². The number of benzene rings is 1. The van der Waals surface area contributed by atoms with Crippen LogP contribution in [-0.2, 0) is 9.53 Å². The van der Waals surface area contributed by atoms with Gasteiger partial charge in [-0.15, -0.1) is 0 Å². The molecule has 0 bridgehead atoms. The van der Waals surface area contributed by atoms with Crippen molar-refractivity contribution in [2.75, 3.05) is 7.11 Å². The molecule has 0 aliphatic carbocycles. The van der Waals surface area contributed by atoms with E-state index in [2.05, 4.69) is 9.72 Å². The maximum Gasteiger partial charge on any atom is 0.305 e. The van der Waals surface area contributed by atoms with Gasteiger partial charge in [0.15, 0.2) is 0 Å². The highest BCUT2D eigenvalue weighted by atomic mass is 16.5. The smallest absolute Gasteiger partial charge is 0.305 e. The van der Waals surface area contributed by atoms with Crippen LogP contribution in [0.15, 0.2) is 30.3 Å². The zero-order chi connectivity index (χ0) is 13.8. The lowest BCUT2D eigenvalue weighted by Crippen LogP contribution is -2.05. The number of aliphatic hydroxyl groups excluding tert-OH is 1. The molecule has 0 aliphatic rings. The Balaban J connectivity index is 2.16. The molecule has 0 amide bonds. The minimum Gasteiger partial charge on any atom is -0.469 e. The quantitative estimate of drug-likeness (QED) is 0.857. The highest BCUT2D eigenvalue weighted by molar-refractivity contribution is 5.79. The van der Waals surface area contributed by atoms with Crippen LogP contribution in [0.5, 0.6) is 0 Å². The van der Waals surface area contributed by atoms with Crippen molar-refractivity contribution in [2.24, 2.45) is 0 Å². The lowest BCUT2D eigenvalue weighted by atomic mass is 10.0. The largest absolute Gasteiger partial charge is 0.469 e. The van der Waals surface area contributed by atoms with Crippen LogP contribution in [0.2, 0.25) is 0 Å². The second-order valence-electron chi connectivity index (χ2n) is 4.54. The molecule has 4 nitrogen and oxygen atoms in total. The van der Waals surface area contributed by atoms with E-state index in [0.29, 0.717) is 6.42 Å². The van der Waals surface area contributed by atoms with Gasteiger partial charge in [-0.3, -0.25) is 9.78 Å². The number of ether oxygens (including phenoxy) is 1. The maximum atomic E-state index is 11.1. The number of aliphatic hydroxyl groups is 1. The van der Waals surface area contributed by atoms with Crippen molar-refractivity contribution >= 4 is 16.9 Å². The molecular formula is C15H17NO3. The zero-order valence-electron chi connectivity index (χ0n) is 11.1. The summed E-state index contributed by atoms with van der Waals surface area (Å²) < 4.78 is 4.56. The van der Waals surface area contributed by atoms with Crippen molar-refractivity contribution in [1.82, 2.24) is 4.98 Å². The molecule has 0 aliphatic heterocycles. The van der Waals surface area contributed by atoms with Gasteiger partial charge in [-0.2, -0.15) is 0 Å². The van der Waals surface area contributed by atoms with Crippen molar-refractivity contribution < 1.29 is 14.6 Å². The number of pyridine rings is 1. The van der Waals surface area contributed by atoms with Crippen molar-refractivity contribution in [3.8, 4) is 0 Å². The predicted molar refractivity (Wildman–Crippen MR) is 72.7 cm³/mol. The molecular weight excluding hydrogens is 242 g/mol. The Morgan fingerprint density at radius 3 is 2.89 bits per heavy atom. The Morgan fingerprint density at radius 1 is 1.37 bits per heavy atom. The molecule has 100 valence electrons. The Bertz CT molecular complexity index is 595. The summed E-state index contributed by atoms with van der Waals surface area (Å²) in [6.07, 6.45) is -0.0934. The van der Waals surface area contributed by atoms with E-state index >= 15 is 0 Å². The summed E-state index contributed by atoms with van der Waals surface area (Å²) in [5.74, 6) is -0.308. The van der Waals surface area contributed by atoms with Crippen LogP contribution >= 0.6 is 0 Å². The molecule has 19 heavy (non-hydrogen) atoms. The fourth-order valence-electron chi connectivity index (χ4n) is 1.98. The first kappa shape index (κ1) is 13.5. The molecule has 2 aromatic rings. The fraction of sp³-hybridized carbons (Fsp3) is 0.333.